The normalized spacial score (nSPS) is 10.3. The third kappa shape index (κ3) is 5.84. The van der Waals surface area contributed by atoms with Gasteiger partial charge in [-0.15, -0.1) is 0 Å². The molecule has 2 amide bonds. The van der Waals surface area contributed by atoms with Crippen LogP contribution < -0.4 is 15.4 Å². The summed E-state index contributed by atoms with van der Waals surface area (Å²) in [5, 5.41) is 9.76. The zero-order chi connectivity index (χ0) is 19.8. The van der Waals surface area contributed by atoms with Crippen LogP contribution in [0.3, 0.4) is 0 Å². The smallest absolute Gasteiger partial charge is 0.252 e. The van der Waals surface area contributed by atoms with E-state index in [-0.39, 0.29) is 18.2 Å². The predicted octanol–water partition coefficient (Wildman–Crippen LogP) is 5.34. The van der Waals surface area contributed by atoms with Crippen LogP contribution in [-0.4, -0.2) is 18.4 Å². The molecule has 0 saturated carbocycles. The van der Waals surface area contributed by atoms with E-state index >= 15 is 0 Å². The second-order valence-electron chi connectivity index (χ2n) is 5.98. The molecule has 0 atom stereocenters. The second kappa shape index (κ2) is 9.92. The highest BCUT2D eigenvalue weighted by Crippen LogP contribution is 2.32. The highest BCUT2D eigenvalue weighted by Gasteiger charge is 2.11. The number of hydrogen-bond donors (Lipinski definition) is 2. The number of hydrogen-bond acceptors (Lipinski definition) is 4. The van der Waals surface area contributed by atoms with Gasteiger partial charge in [-0.1, -0.05) is 29.8 Å². The van der Waals surface area contributed by atoms with Crippen molar-refractivity contribution >= 4 is 40.4 Å². The first-order valence-corrected chi connectivity index (χ1v) is 10.1. The molecule has 2 N–H and O–H groups in total. The summed E-state index contributed by atoms with van der Waals surface area (Å²) < 4.78 is 5.83. The summed E-state index contributed by atoms with van der Waals surface area (Å²) in [6.07, 6.45) is 0.790. The van der Waals surface area contributed by atoms with Crippen molar-refractivity contribution in [2.75, 3.05) is 11.9 Å². The lowest BCUT2D eigenvalue weighted by Crippen LogP contribution is -2.25. The molecule has 0 saturated heterocycles. The molecule has 2 aromatic carbocycles. The van der Waals surface area contributed by atoms with Gasteiger partial charge in [0.25, 0.3) is 5.91 Å². The van der Waals surface area contributed by atoms with E-state index in [9.17, 15) is 9.59 Å². The highest BCUT2D eigenvalue weighted by atomic mass is 35.5. The molecule has 1 heterocycles. The van der Waals surface area contributed by atoms with Gasteiger partial charge in [-0.3, -0.25) is 9.59 Å². The lowest BCUT2D eigenvalue weighted by molar-refractivity contribution is -0.116. The summed E-state index contributed by atoms with van der Waals surface area (Å²) in [6.45, 7) is 0.422. The lowest BCUT2D eigenvalue weighted by Gasteiger charge is -2.13. The van der Waals surface area contributed by atoms with Crippen molar-refractivity contribution in [2.45, 2.75) is 12.8 Å². The van der Waals surface area contributed by atoms with Gasteiger partial charge in [-0.2, -0.15) is 11.3 Å². The summed E-state index contributed by atoms with van der Waals surface area (Å²) in [5.74, 6) is 0.867. The quantitative estimate of drug-likeness (QED) is 0.489. The summed E-state index contributed by atoms with van der Waals surface area (Å²) in [6, 6.07) is 16.1. The number of halogens is 1. The molecule has 144 valence electrons. The van der Waals surface area contributed by atoms with Crippen LogP contribution in [0.2, 0.25) is 5.02 Å². The van der Waals surface area contributed by atoms with Gasteiger partial charge < -0.3 is 15.4 Å². The van der Waals surface area contributed by atoms with Crippen molar-refractivity contribution in [1.82, 2.24) is 5.32 Å². The highest BCUT2D eigenvalue weighted by molar-refractivity contribution is 7.08. The van der Waals surface area contributed by atoms with E-state index in [1.54, 1.807) is 29.6 Å². The minimum Gasteiger partial charge on any atom is -0.455 e. The molecule has 0 aliphatic heterocycles. The number of carbonyl (C=O) groups excluding carboxylic acids is 2. The molecule has 0 aliphatic carbocycles. The average molecular weight is 415 g/mol. The van der Waals surface area contributed by atoms with E-state index in [1.165, 1.54) is 11.3 Å². The maximum atomic E-state index is 12.3. The fourth-order valence-corrected chi connectivity index (χ4v) is 3.27. The molecule has 0 unspecified atom stereocenters. The molecule has 0 bridgehead atoms. The summed E-state index contributed by atoms with van der Waals surface area (Å²) in [5.41, 5.74) is 1.14. The van der Waals surface area contributed by atoms with Crippen LogP contribution in [-0.2, 0) is 4.79 Å². The molecule has 28 heavy (non-hydrogen) atoms. The largest absolute Gasteiger partial charge is 0.455 e. The summed E-state index contributed by atoms with van der Waals surface area (Å²) in [4.78, 5) is 24.1. The SMILES string of the molecule is O=C(CCCNC(=O)c1ccsc1)Nc1cc(Cl)ccc1Oc1ccccc1. The molecular formula is C21H19ClN2O3S. The Morgan fingerprint density at radius 2 is 1.89 bits per heavy atom. The van der Waals surface area contributed by atoms with Crippen LogP contribution in [0.25, 0.3) is 0 Å². The van der Waals surface area contributed by atoms with Gasteiger partial charge in [-0.05, 0) is 48.2 Å². The standard InChI is InChI=1S/C21H19ClN2O3S/c22-16-8-9-19(27-17-5-2-1-3-6-17)18(13-16)24-20(25)7-4-11-23-21(26)15-10-12-28-14-15/h1-3,5-6,8-10,12-14H,4,7,11H2,(H,23,26)(H,24,25). The zero-order valence-corrected chi connectivity index (χ0v) is 16.6. The Morgan fingerprint density at radius 3 is 2.64 bits per heavy atom. The minimum atomic E-state index is -0.176. The maximum Gasteiger partial charge on any atom is 0.252 e. The first-order valence-electron chi connectivity index (χ1n) is 8.74. The monoisotopic (exact) mass is 414 g/mol. The fraction of sp³-hybridized carbons (Fsp3) is 0.143. The topological polar surface area (TPSA) is 67.4 Å². The number of carbonyl (C=O) groups is 2. The molecule has 3 aromatic rings. The van der Waals surface area contributed by atoms with Crippen LogP contribution in [0.5, 0.6) is 11.5 Å². The third-order valence-corrected chi connectivity index (χ3v) is 4.75. The fourth-order valence-electron chi connectivity index (χ4n) is 2.46. The lowest BCUT2D eigenvalue weighted by atomic mass is 10.2. The number of rotatable bonds is 8. The second-order valence-corrected chi connectivity index (χ2v) is 7.19. The molecule has 0 radical (unpaired) electrons. The van der Waals surface area contributed by atoms with E-state index in [1.807, 2.05) is 35.7 Å². The predicted molar refractivity (Wildman–Crippen MR) is 112 cm³/mol. The van der Waals surface area contributed by atoms with E-state index in [0.29, 0.717) is 40.7 Å². The van der Waals surface area contributed by atoms with Gasteiger partial charge in [0.05, 0.1) is 5.69 Å². The first kappa shape index (κ1) is 19.9. The Morgan fingerprint density at radius 1 is 1.07 bits per heavy atom. The molecule has 1 aromatic heterocycles. The van der Waals surface area contributed by atoms with E-state index in [4.69, 9.17) is 16.3 Å². The number of benzene rings is 2. The van der Waals surface area contributed by atoms with Crippen LogP contribution >= 0.6 is 22.9 Å². The molecule has 7 heteroatoms. The van der Waals surface area contributed by atoms with Gasteiger partial charge in [0.1, 0.15) is 5.75 Å². The van der Waals surface area contributed by atoms with Crippen molar-refractivity contribution in [3.8, 4) is 11.5 Å². The average Bonchev–Trinajstić information content (AvgIpc) is 3.23. The number of thiophene rings is 1. The Kier molecular flexibility index (Phi) is 7.06. The Balaban J connectivity index is 1.52. The number of nitrogens with one attached hydrogen (secondary N) is 2. The molecule has 5 nitrogen and oxygen atoms in total. The van der Waals surface area contributed by atoms with Crippen molar-refractivity contribution in [3.05, 3.63) is 75.9 Å². The van der Waals surface area contributed by atoms with Gasteiger partial charge in [0, 0.05) is 28.9 Å². The van der Waals surface area contributed by atoms with E-state index in [2.05, 4.69) is 10.6 Å². The molecular weight excluding hydrogens is 396 g/mol. The van der Waals surface area contributed by atoms with E-state index in [0.717, 1.165) is 0 Å². The van der Waals surface area contributed by atoms with Crippen LogP contribution in [0.15, 0.2) is 65.4 Å². The number of amides is 2. The van der Waals surface area contributed by atoms with Crippen molar-refractivity contribution in [2.24, 2.45) is 0 Å². The summed E-state index contributed by atoms with van der Waals surface area (Å²) in [7, 11) is 0. The molecule has 3 rings (SSSR count). The Labute approximate surface area is 172 Å². The van der Waals surface area contributed by atoms with Crippen LogP contribution in [0.4, 0.5) is 5.69 Å². The third-order valence-electron chi connectivity index (χ3n) is 3.84. The van der Waals surface area contributed by atoms with Crippen molar-refractivity contribution in [1.29, 1.82) is 0 Å². The summed E-state index contributed by atoms with van der Waals surface area (Å²) >= 11 is 7.53. The molecule has 0 aliphatic rings. The van der Waals surface area contributed by atoms with E-state index < -0.39 is 0 Å². The van der Waals surface area contributed by atoms with Gasteiger partial charge in [0.2, 0.25) is 5.91 Å². The Hall–Kier alpha value is -2.83. The first-order chi connectivity index (χ1) is 13.6. The maximum absolute atomic E-state index is 12.3. The van der Waals surface area contributed by atoms with Crippen LogP contribution in [0.1, 0.15) is 23.2 Å². The minimum absolute atomic E-state index is 0.130. The van der Waals surface area contributed by atoms with Crippen LogP contribution in [0, 0.1) is 0 Å². The van der Waals surface area contributed by atoms with Gasteiger partial charge in [0.15, 0.2) is 5.75 Å². The van der Waals surface area contributed by atoms with Gasteiger partial charge >= 0.3 is 0 Å². The number of ether oxygens (including phenoxy) is 1. The van der Waals surface area contributed by atoms with Crippen molar-refractivity contribution < 1.29 is 14.3 Å². The molecule has 0 spiro atoms. The van der Waals surface area contributed by atoms with Crippen molar-refractivity contribution in [3.63, 3.8) is 0 Å². The zero-order valence-electron chi connectivity index (χ0n) is 15.0. The van der Waals surface area contributed by atoms with Gasteiger partial charge in [-0.25, -0.2) is 0 Å². The Bertz CT molecular complexity index is 930. The number of anilines is 1. The number of para-hydroxylation sites is 1. The molecule has 0 fully saturated rings.